The third-order valence-corrected chi connectivity index (χ3v) is 3.57. The van der Waals surface area contributed by atoms with Crippen molar-refractivity contribution in [2.45, 2.75) is 45.1 Å². The second kappa shape index (κ2) is 5.55. The highest BCUT2D eigenvalue weighted by Crippen LogP contribution is 2.29. The van der Waals surface area contributed by atoms with Crippen LogP contribution >= 0.6 is 0 Å². The Morgan fingerprint density at radius 3 is 2.79 bits per heavy atom. The number of pyridine rings is 1. The largest absolute Gasteiger partial charge is 0.370 e. The molecule has 1 heterocycles. The molecule has 0 radical (unpaired) electrons. The van der Waals surface area contributed by atoms with Crippen LogP contribution in [-0.2, 0) is 0 Å². The lowest BCUT2D eigenvalue weighted by atomic mass is 10.00. The van der Waals surface area contributed by atoms with E-state index in [0.29, 0.717) is 12.4 Å². The second-order valence-corrected chi connectivity index (χ2v) is 5.30. The topological polar surface area (TPSA) is 54.0 Å². The van der Waals surface area contributed by atoms with Crippen molar-refractivity contribution < 1.29 is 9.18 Å². The molecule has 2 N–H and O–H groups in total. The highest BCUT2D eigenvalue weighted by molar-refractivity contribution is 5.99. The van der Waals surface area contributed by atoms with Crippen molar-refractivity contribution in [1.82, 2.24) is 10.3 Å². The van der Waals surface area contributed by atoms with Gasteiger partial charge in [-0.05, 0) is 32.8 Å². The Morgan fingerprint density at radius 2 is 2.16 bits per heavy atom. The lowest BCUT2D eigenvalue weighted by molar-refractivity contribution is 0.0908. The number of anilines is 1. The number of nitrogens with one attached hydrogen (secondary N) is 2. The third-order valence-electron chi connectivity index (χ3n) is 3.57. The molecule has 4 nitrogen and oxygen atoms in total. The van der Waals surface area contributed by atoms with Gasteiger partial charge in [-0.1, -0.05) is 12.8 Å². The summed E-state index contributed by atoms with van der Waals surface area (Å²) in [6.07, 6.45) is 5.30. The van der Waals surface area contributed by atoms with Crippen LogP contribution in [0.3, 0.4) is 0 Å². The molecule has 5 heteroatoms. The van der Waals surface area contributed by atoms with Gasteiger partial charge in [0.25, 0.3) is 5.91 Å². The van der Waals surface area contributed by atoms with Gasteiger partial charge in [0.1, 0.15) is 11.6 Å². The molecule has 19 heavy (non-hydrogen) atoms. The summed E-state index contributed by atoms with van der Waals surface area (Å²) >= 11 is 0. The Balaban J connectivity index is 2.19. The summed E-state index contributed by atoms with van der Waals surface area (Å²) < 4.78 is 13.3. The van der Waals surface area contributed by atoms with E-state index in [-0.39, 0.29) is 17.0 Å². The Kier molecular flexibility index (Phi) is 4.02. The number of aromatic nitrogens is 1. The first-order valence-electron chi connectivity index (χ1n) is 6.76. The van der Waals surface area contributed by atoms with E-state index in [4.69, 9.17) is 0 Å². The van der Waals surface area contributed by atoms with Crippen LogP contribution in [0.2, 0.25) is 0 Å². The number of hydrogen-bond acceptors (Lipinski definition) is 3. The van der Waals surface area contributed by atoms with Crippen molar-refractivity contribution in [3.63, 3.8) is 0 Å². The number of hydrogen-bond donors (Lipinski definition) is 2. The van der Waals surface area contributed by atoms with E-state index in [9.17, 15) is 9.18 Å². The average Bonchev–Trinajstić information content (AvgIpc) is 2.78. The molecule has 1 fully saturated rings. The molecule has 1 amide bonds. The van der Waals surface area contributed by atoms with Crippen LogP contribution < -0.4 is 10.6 Å². The molecule has 1 aliphatic carbocycles. The van der Waals surface area contributed by atoms with E-state index in [1.807, 2.05) is 13.8 Å². The molecule has 0 aliphatic heterocycles. The van der Waals surface area contributed by atoms with E-state index in [1.165, 1.54) is 6.07 Å². The first-order valence-corrected chi connectivity index (χ1v) is 6.76. The lowest BCUT2D eigenvalue weighted by Crippen LogP contribution is -2.43. The summed E-state index contributed by atoms with van der Waals surface area (Å²) in [5.41, 5.74) is 0.0994. The maximum absolute atomic E-state index is 13.3. The van der Waals surface area contributed by atoms with Crippen LogP contribution in [0.4, 0.5) is 10.2 Å². The van der Waals surface area contributed by atoms with E-state index in [0.717, 1.165) is 31.9 Å². The van der Waals surface area contributed by atoms with Gasteiger partial charge in [0.05, 0.1) is 11.8 Å². The van der Waals surface area contributed by atoms with Crippen LogP contribution in [-0.4, -0.2) is 23.0 Å². The summed E-state index contributed by atoms with van der Waals surface area (Å²) in [6.45, 7) is 4.58. The number of rotatable bonds is 4. The molecular formula is C14H20FN3O. The summed E-state index contributed by atoms with van der Waals surface area (Å²) in [6, 6.07) is 1.23. The number of nitrogens with zero attached hydrogens (tertiary/aromatic N) is 1. The molecule has 0 saturated heterocycles. The van der Waals surface area contributed by atoms with Gasteiger partial charge in [-0.3, -0.25) is 4.79 Å². The monoisotopic (exact) mass is 265 g/mol. The minimum atomic E-state index is -0.497. The summed E-state index contributed by atoms with van der Waals surface area (Å²) in [4.78, 5) is 16.2. The Morgan fingerprint density at radius 1 is 1.47 bits per heavy atom. The average molecular weight is 265 g/mol. The number of carbonyl (C=O) groups excluding carboxylic acids is 1. The predicted molar refractivity (Wildman–Crippen MR) is 72.7 cm³/mol. The van der Waals surface area contributed by atoms with Crippen molar-refractivity contribution in [3.05, 3.63) is 23.6 Å². The van der Waals surface area contributed by atoms with E-state index >= 15 is 0 Å². The minimum absolute atomic E-state index is 0.174. The van der Waals surface area contributed by atoms with Gasteiger partial charge in [-0.15, -0.1) is 0 Å². The van der Waals surface area contributed by atoms with Crippen molar-refractivity contribution >= 4 is 11.7 Å². The predicted octanol–water partition coefficient (Wildman–Crippen LogP) is 2.72. The van der Waals surface area contributed by atoms with Gasteiger partial charge in [-0.2, -0.15) is 0 Å². The zero-order chi connectivity index (χ0) is 13.9. The van der Waals surface area contributed by atoms with E-state index in [2.05, 4.69) is 15.6 Å². The standard InChI is InChI=1S/C14H20FN3O/c1-3-16-12-11(8-10(15)9-17-12)13(19)18-14(2)6-4-5-7-14/h8-9H,3-7H2,1-2H3,(H,16,17)(H,18,19). The van der Waals surface area contributed by atoms with Crippen LogP contribution in [0.25, 0.3) is 0 Å². The molecule has 0 spiro atoms. The Labute approximate surface area is 112 Å². The van der Waals surface area contributed by atoms with Gasteiger partial charge < -0.3 is 10.6 Å². The maximum Gasteiger partial charge on any atom is 0.255 e. The molecular weight excluding hydrogens is 245 g/mol. The van der Waals surface area contributed by atoms with Gasteiger partial charge in [0.15, 0.2) is 0 Å². The fourth-order valence-corrected chi connectivity index (χ4v) is 2.54. The normalized spacial score (nSPS) is 17.2. The van der Waals surface area contributed by atoms with Crippen molar-refractivity contribution in [2.75, 3.05) is 11.9 Å². The molecule has 1 aliphatic rings. The summed E-state index contributed by atoms with van der Waals surface area (Å²) in [5, 5.41) is 6.00. The van der Waals surface area contributed by atoms with Crippen molar-refractivity contribution in [1.29, 1.82) is 0 Å². The van der Waals surface area contributed by atoms with E-state index < -0.39 is 5.82 Å². The minimum Gasteiger partial charge on any atom is -0.370 e. The van der Waals surface area contributed by atoms with Crippen LogP contribution in [0.15, 0.2) is 12.3 Å². The van der Waals surface area contributed by atoms with Gasteiger partial charge >= 0.3 is 0 Å². The SMILES string of the molecule is CCNc1ncc(F)cc1C(=O)NC1(C)CCCC1. The molecule has 1 saturated carbocycles. The molecule has 2 rings (SSSR count). The Bertz CT molecular complexity index is 470. The summed E-state index contributed by atoms with van der Waals surface area (Å²) in [7, 11) is 0. The van der Waals surface area contributed by atoms with Gasteiger partial charge in [-0.25, -0.2) is 9.37 Å². The first kappa shape index (κ1) is 13.8. The van der Waals surface area contributed by atoms with Gasteiger partial charge in [0, 0.05) is 12.1 Å². The molecule has 0 aromatic carbocycles. The molecule has 0 unspecified atom stereocenters. The second-order valence-electron chi connectivity index (χ2n) is 5.30. The van der Waals surface area contributed by atoms with Crippen LogP contribution in [0.5, 0.6) is 0 Å². The molecule has 0 atom stereocenters. The van der Waals surface area contributed by atoms with Crippen LogP contribution in [0, 0.1) is 5.82 Å². The highest BCUT2D eigenvalue weighted by atomic mass is 19.1. The zero-order valence-electron chi connectivity index (χ0n) is 11.4. The van der Waals surface area contributed by atoms with Crippen molar-refractivity contribution in [2.24, 2.45) is 0 Å². The molecule has 104 valence electrons. The third kappa shape index (κ3) is 3.22. The fourth-order valence-electron chi connectivity index (χ4n) is 2.54. The lowest BCUT2D eigenvalue weighted by Gasteiger charge is -2.25. The molecule has 1 aromatic rings. The van der Waals surface area contributed by atoms with Crippen molar-refractivity contribution in [3.8, 4) is 0 Å². The highest BCUT2D eigenvalue weighted by Gasteiger charge is 2.31. The Hall–Kier alpha value is -1.65. The zero-order valence-corrected chi connectivity index (χ0v) is 11.4. The number of halogens is 1. The van der Waals surface area contributed by atoms with E-state index in [1.54, 1.807) is 0 Å². The number of carbonyl (C=O) groups is 1. The summed E-state index contributed by atoms with van der Waals surface area (Å²) in [5.74, 6) is -0.321. The van der Waals surface area contributed by atoms with Crippen LogP contribution in [0.1, 0.15) is 49.9 Å². The maximum atomic E-state index is 13.3. The smallest absolute Gasteiger partial charge is 0.255 e. The number of amides is 1. The van der Waals surface area contributed by atoms with Gasteiger partial charge in [0.2, 0.25) is 0 Å². The molecule has 1 aromatic heterocycles. The first-order chi connectivity index (χ1) is 9.04. The molecule has 0 bridgehead atoms. The quantitative estimate of drug-likeness (QED) is 0.880. The fraction of sp³-hybridized carbons (Fsp3) is 0.571.